The Labute approximate surface area is 182 Å². The molecule has 1 aromatic carbocycles. The van der Waals surface area contributed by atoms with Gasteiger partial charge < -0.3 is 15.0 Å². The molecule has 7 nitrogen and oxygen atoms in total. The van der Waals surface area contributed by atoms with Gasteiger partial charge in [-0.1, -0.05) is 32.0 Å². The van der Waals surface area contributed by atoms with Crippen molar-refractivity contribution in [2.45, 2.75) is 38.1 Å². The second-order valence-corrected chi connectivity index (χ2v) is 8.08. The number of nitrogens with one attached hydrogen (secondary N) is 2. The highest BCUT2D eigenvalue weighted by Crippen LogP contribution is 2.24. The van der Waals surface area contributed by atoms with E-state index in [0.29, 0.717) is 5.95 Å². The number of aromatic amines is 1. The number of aliphatic hydroxyl groups is 1. The van der Waals surface area contributed by atoms with Gasteiger partial charge in [0.15, 0.2) is 0 Å². The summed E-state index contributed by atoms with van der Waals surface area (Å²) in [6, 6.07) is 10.2. The molecule has 0 unspecified atom stereocenters. The zero-order chi connectivity index (χ0) is 21.2. The fraction of sp³-hybridized carbons (Fsp3) is 0.409. The Morgan fingerprint density at radius 2 is 2.00 bits per heavy atom. The average molecular weight is 427 g/mol. The maximum absolute atomic E-state index is 9.08. The summed E-state index contributed by atoms with van der Waals surface area (Å²) in [6.45, 7) is 6.42. The second-order valence-electron chi connectivity index (χ2n) is 6.96. The molecule has 0 radical (unpaired) electrons. The van der Waals surface area contributed by atoms with Crippen LogP contribution in [0.25, 0.3) is 10.9 Å². The number of rotatable bonds is 12. The molecule has 0 fully saturated rings. The Morgan fingerprint density at radius 1 is 1.20 bits per heavy atom. The van der Waals surface area contributed by atoms with Gasteiger partial charge in [-0.05, 0) is 25.3 Å². The van der Waals surface area contributed by atoms with Crippen LogP contribution in [0.2, 0.25) is 0 Å². The van der Waals surface area contributed by atoms with E-state index >= 15 is 0 Å². The third-order valence-electron chi connectivity index (χ3n) is 4.54. The van der Waals surface area contributed by atoms with E-state index in [-0.39, 0.29) is 6.61 Å². The molecule has 0 saturated carbocycles. The van der Waals surface area contributed by atoms with Crippen LogP contribution in [0.15, 0.2) is 46.7 Å². The number of H-pyrrole nitrogens is 1. The summed E-state index contributed by atoms with van der Waals surface area (Å²) >= 11 is 1.63. The number of hydrazone groups is 1. The van der Waals surface area contributed by atoms with Crippen molar-refractivity contribution < 1.29 is 5.11 Å². The number of para-hydroxylation sites is 1. The Bertz CT molecular complexity index is 952. The molecule has 0 spiro atoms. The van der Waals surface area contributed by atoms with Crippen LogP contribution in [-0.4, -0.2) is 51.7 Å². The monoisotopic (exact) mass is 426 g/mol. The molecule has 3 N–H and O–H groups in total. The molecule has 160 valence electrons. The normalized spacial score (nSPS) is 11.4. The van der Waals surface area contributed by atoms with Gasteiger partial charge in [0, 0.05) is 54.2 Å². The molecular formula is C22H30N6OS. The first-order valence-corrected chi connectivity index (χ1v) is 11.5. The summed E-state index contributed by atoms with van der Waals surface area (Å²) in [5, 5.41) is 15.5. The predicted molar refractivity (Wildman–Crippen MR) is 127 cm³/mol. The highest BCUT2D eigenvalue weighted by Gasteiger charge is 2.11. The molecule has 0 saturated heterocycles. The van der Waals surface area contributed by atoms with E-state index in [1.54, 1.807) is 18.0 Å². The summed E-state index contributed by atoms with van der Waals surface area (Å²) in [5.41, 5.74) is 5.09. The average Bonchev–Trinajstić information content (AvgIpc) is 3.17. The Morgan fingerprint density at radius 3 is 2.77 bits per heavy atom. The second kappa shape index (κ2) is 11.6. The molecule has 0 amide bonds. The third kappa shape index (κ3) is 5.96. The van der Waals surface area contributed by atoms with Gasteiger partial charge in [0.1, 0.15) is 10.8 Å². The lowest BCUT2D eigenvalue weighted by molar-refractivity contribution is 0.296. The number of hydrogen-bond donors (Lipinski definition) is 3. The molecule has 3 rings (SSSR count). The van der Waals surface area contributed by atoms with Crippen molar-refractivity contribution in [1.29, 1.82) is 0 Å². The van der Waals surface area contributed by atoms with Crippen molar-refractivity contribution in [2.24, 2.45) is 5.10 Å². The van der Waals surface area contributed by atoms with E-state index in [2.05, 4.69) is 45.3 Å². The first-order chi connectivity index (χ1) is 14.7. The van der Waals surface area contributed by atoms with Gasteiger partial charge >= 0.3 is 0 Å². The van der Waals surface area contributed by atoms with E-state index in [9.17, 15) is 0 Å². The van der Waals surface area contributed by atoms with E-state index < -0.39 is 0 Å². The summed E-state index contributed by atoms with van der Waals surface area (Å²) in [4.78, 5) is 14.8. The highest BCUT2D eigenvalue weighted by atomic mass is 32.2. The molecular weight excluding hydrogens is 396 g/mol. The van der Waals surface area contributed by atoms with Crippen molar-refractivity contribution in [1.82, 2.24) is 15.0 Å². The molecule has 0 atom stereocenters. The number of benzene rings is 1. The minimum atomic E-state index is 0.183. The van der Waals surface area contributed by atoms with Crippen LogP contribution in [0.4, 0.5) is 11.8 Å². The van der Waals surface area contributed by atoms with Crippen LogP contribution in [0.3, 0.4) is 0 Å². The van der Waals surface area contributed by atoms with E-state index in [1.165, 1.54) is 0 Å². The minimum absolute atomic E-state index is 0.183. The van der Waals surface area contributed by atoms with Crippen LogP contribution < -0.4 is 10.3 Å². The first-order valence-electron chi connectivity index (χ1n) is 10.5. The zero-order valence-corrected chi connectivity index (χ0v) is 18.5. The number of aliphatic hydroxyl groups excluding tert-OH is 1. The molecule has 0 bridgehead atoms. The Kier molecular flexibility index (Phi) is 8.53. The van der Waals surface area contributed by atoms with Gasteiger partial charge in [-0.3, -0.25) is 0 Å². The molecule has 0 aliphatic carbocycles. The van der Waals surface area contributed by atoms with Crippen molar-refractivity contribution >= 4 is 40.6 Å². The molecule has 0 aliphatic rings. The van der Waals surface area contributed by atoms with Crippen molar-refractivity contribution in [3.8, 4) is 0 Å². The number of anilines is 2. The maximum atomic E-state index is 9.08. The molecule has 0 aliphatic heterocycles. The SMILES string of the molecule is CCCN(CCC)c1cc(SCCCO)nc(N/N=C/c2c[nH]c3ccccc23)n1. The van der Waals surface area contributed by atoms with Crippen LogP contribution in [0, 0.1) is 0 Å². The van der Waals surface area contributed by atoms with Gasteiger partial charge in [-0.25, -0.2) is 10.4 Å². The topological polar surface area (TPSA) is 89.4 Å². The maximum Gasteiger partial charge on any atom is 0.246 e. The number of nitrogens with zero attached hydrogens (tertiary/aromatic N) is 4. The van der Waals surface area contributed by atoms with E-state index in [1.807, 2.05) is 30.5 Å². The quantitative estimate of drug-likeness (QED) is 0.130. The fourth-order valence-electron chi connectivity index (χ4n) is 3.18. The van der Waals surface area contributed by atoms with Crippen molar-refractivity contribution in [3.63, 3.8) is 0 Å². The van der Waals surface area contributed by atoms with Gasteiger partial charge in [-0.15, -0.1) is 11.8 Å². The fourth-order valence-corrected chi connectivity index (χ4v) is 4.00. The minimum Gasteiger partial charge on any atom is -0.396 e. The number of hydrogen-bond acceptors (Lipinski definition) is 7. The molecule has 2 heterocycles. The van der Waals surface area contributed by atoms with Gasteiger partial charge in [0.25, 0.3) is 0 Å². The van der Waals surface area contributed by atoms with Crippen LogP contribution >= 0.6 is 11.8 Å². The highest BCUT2D eigenvalue weighted by molar-refractivity contribution is 7.99. The summed E-state index contributed by atoms with van der Waals surface area (Å²) in [6.07, 6.45) is 6.56. The lowest BCUT2D eigenvalue weighted by atomic mass is 10.2. The first kappa shape index (κ1) is 22.1. The Hall–Kier alpha value is -2.58. The van der Waals surface area contributed by atoms with Crippen LogP contribution in [0.5, 0.6) is 0 Å². The summed E-state index contributed by atoms with van der Waals surface area (Å²) in [5.74, 6) is 2.20. The van der Waals surface area contributed by atoms with E-state index in [4.69, 9.17) is 10.1 Å². The van der Waals surface area contributed by atoms with Crippen LogP contribution in [-0.2, 0) is 0 Å². The molecule has 30 heavy (non-hydrogen) atoms. The van der Waals surface area contributed by atoms with Crippen molar-refractivity contribution in [3.05, 3.63) is 42.1 Å². The van der Waals surface area contributed by atoms with E-state index in [0.717, 1.165) is 65.4 Å². The predicted octanol–water partition coefficient (Wildman–Crippen LogP) is 4.50. The standard InChI is InChI=1S/C22H30N6OS/c1-3-10-28(11-4-2)20-14-21(30-13-7-12-29)26-22(25-20)27-24-16-17-15-23-19-9-6-5-8-18(17)19/h5-6,8-9,14-16,23,29H,3-4,7,10-13H2,1-2H3,(H,25,26,27)/b24-16+. The van der Waals surface area contributed by atoms with Gasteiger partial charge in [-0.2, -0.15) is 10.1 Å². The zero-order valence-electron chi connectivity index (χ0n) is 17.6. The third-order valence-corrected chi connectivity index (χ3v) is 5.54. The smallest absolute Gasteiger partial charge is 0.246 e. The largest absolute Gasteiger partial charge is 0.396 e. The van der Waals surface area contributed by atoms with Crippen LogP contribution in [0.1, 0.15) is 38.7 Å². The molecule has 3 aromatic rings. The van der Waals surface area contributed by atoms with Crippen molar-refractivity contribution in [2.75, 3.05) is 35.8 Å². The molecule has 2 aromatic heterocycles. The lowest BCUT2D eigenvalue weighted by Crippen LogP contribution is -2.26. The Balaban J connectivity index is 1.80. The van der Waals surface area contributed by atoms with Gasteiger partial charge in [0.05, 0.1) is 6.21 Å². The number of fused-ring (bicyclic) bond motifs is 1. The number of aromatic nitrogens is 3. The summed E-state index contributed by atoms with van der Waals surface area (Å²) in [7, 11) is 0. The number of thioether (sulfide) groups is 1. The summed E-state index contributed by atoms with van der Waals surface area (Å²) < 4.78 is 0. The lowest BCUT2D eigenvalue weighted by Gasteiger charge is -2.23. The molecule has 8 heteroatoms. The van der Waals surface area contributed by atoms with Gasteiger partial charge in [0.2, 0.25) is 5.95 Å².